The van der Waals surface area contributed by atoms with Crippen molar-refractivity contribution in [2.24, 2.45) is 0 Å². The predicted molar refractivity (Wildman–Crippen MR) is 68.8 cm³/mol. The molecule has 0 radical (unpaired) electrons. The highest BCUT2D eigenvalue weighted by molar-refractivity contribution is 9.11. The lowest BCUT2D eigenvalue weighted by Crippen LogP contribution is -2.09. The Labute approximate surface area is 127 Å². The average Bonchev–Trinajstić information content (AvgIpc) is 2.59. The first-order valence-corrected chi connectivity index (χ1v) is 6.71. The van der Waals surface area contributed by atoms with Gasteiger partial charge in [0.15, 0.2) is 4.73 Å². The predicted octanol–water partition coefficient (Wildman–Crippen LogP) is 3.92. The Balaban J connectivity index is 2.30. The molecule has 2 rings (SSSR count). The molecular formula is C9H4Br2ClF3N4. The van der Waals surface area contributed by atoms with Crippen molar-refractivity contribution in [3.63, 3.8) is 0 Å². The molecule has 0 aromatic carbocycles. The maximum Gasteiger partial charge on any atom is 0.417 e. The van der Waals surface area contributed by atoms with Crippen LogP contribution in [0, 0.1) is 0 Å². The first-order valence-electron chi connectivity index (χ1n) is 4.75. The molecule has 0 N–H and O–H groups in total. The van der Waals surface area contributed by atoms with E-state index < -0.39 is 11.7 Å². The van der Waals surface area contributed by atoms with E-state index in [0.717, 1.165) is 12.3 Å². The quantitative estimate of drug-likeness (QED) is 0.740. The number of hydrogen-bond acceptors (Lipinski definition) is 3. The molecule has 2 aromatic rings. The van der Waals surface area contributed by atoms with Crippen molar-refractivity contribution in [3.8, 4) is 0 Å². The highest BCUT2D eigenvalue weighted by atomic mass is 79.9. The van der Waals surface area contributed by atoms with Gasteiger partial charge < -0.3 is 0 Å². The summed E-state index contributed by atoms with van der Waals surface area (Å²) in [4.78, 5) is 7.64. The van der Waals surface area contributed by atoms with Crippen molar-refractivity contribution in [2.45, 2.75) is 12.7 Å². The second-order valence-electron chi connectivity index (χ2n) is 3.46. The fourth-order valence-corrected chi connectivity index (χ4v) is 2.47. The standard InChI is InChI=1S/C9H4Br2ClF3N4/c10-7-17-8(11)19(18-7)3-6-5(12)1-4(2-16-6)9(13,14)15/h1-2H,3H2. The van der Waals surface area contributed by atoms with Gasteiger partial charge in [0.2, 0.25) is 4.73 Å². The third-order valence-corrected chi connectivity index (χ3v) is 3.39. The third-order valence-electron chi connectivity index (χ3n) is 2.14. The number of nitrogens with zero attached hydrogens (tertiary/aromatic N) is 4. The van der Waals surface area contributed by atoms with Gasteiger partial charge in [0, 0.05) is 6.20 Å². The Morgan fingerprint density at radius 2 is 2.00 bits per heavy atom. The third kappa shape index (κ3) is 3.46. The topological polar surface area (TPSA) is 43.6 Å². The van der Waals surface area contributed by atoms with E-state index in [-0.39, 0.29) is 17.3 Å². The summed E-state index contributed by atoms with van der Waals surface area (Å²) in [5, 5.41) is 3.90. The van der Waals surface area contributed by atoms with Crippen LogP contribution in [0.15, 0.2) is 21.7 Å². The highest BCUT2D eigenvalue weighted by Gasteiger charge is 2.31. The van der Waals surface area contributed by atoms with Crippen molar-refractivity contribution < 1.29 is 13.2 Å². The molecule has 0 saturated heterocycles. The normalized spacial score (nSPS) is 11.9. The van der Waals surface area contributed by atoms with Gasteiger partial charge in [-0.25, -0.2) is 4.68 Å². The van der Waals surface area contributed by atoms with Crippen LogP contribution >= 0.6 is 43.5 Å². The number of halogens is 6. The van der Waals surface area contributed by atoms with Gasteiger partial charge in [-0.15, -0.1) is 5.10 Å². The Kier molecular flexibility index (Phi) is 4.17. The first kappa shape index (κ1) is 14.7. The summed E-state index contributed by atoms with van der Waals surface area (Å²) in [6.45, 7) is 0.107. The molecule has 4 nitrogen and oxygen atoms in total. The van der Waals surface area contributed by atoms with Crippen LogP contribution in [0.2, 0.25) is 5.02 Å². The smallest absolute Gasteiger partial charge is 0.257 e. The maximum absolute atomic E-state index is 12.5. The van der Waals surface area contributed by atoms with Gasteiger partial charge in [0.1, 0.15) is 0 Å². The van der Waals surface area contributed by atoms with E-state index in [4.69, 9.17) is 11.6 Å². The maximum atomic E-state index is 12.5. The monoisotopic (exact) mass is 418 g/mol. The summed E-state index contributed by atoms with van der Waals surface area (Å²) >= 11 is 12.0. The molecule has 10 heteroatoms. The van der Waals surface area contributed by atoms with Gasteiger partial charge in [-0.2, -0.15) is 18.2 Å². The number of hydrogen-bond donors (Lipinski definition) is 0. The molecule has 0 atom stereocenters. The number of rotatable bonds is 2. The molecule has 19 heavy (non-hydrogen) atoms. The zero-order valence-electron chi connectivity index (χ0n) is 8.92. The fraction of sp³-hybridized carbons (Fsp3) is 0.222. The van der Waals surface area contributed by atoms with E-state index >= 15 is 0 Å². The molecule has 0 aliphatic rings. The number of aromatic nitrogens is 4. The second-order valence-corrected chi connectivity index (χ2v) is 5.28. The first-order chi connectivity index (χ1) is 8.77. The number of pyridine rings is 1. The van der Waals surface area contributed by atoms with Crippen LogP contribution in [0.4, 0.5) is 13.2 Å². The van der Waals surface area contributed by atoms with Crippen LogP contribution in [-0.4, -0.2) is 19.7 Å². The van der Waals surface area contributed by atoms with Gasteiger partial charge in [0.05, 0.1) is 22.8 Å². The Morgan fingerprint density at radius 1 is 1.32 bits per heavy atom. The molecule has 2 heterocycles. The summed E-state index contributed by atoms with van der Waals surface area (Å²) in [6.07, 6.45) is -3.73. The molecule has 0 saturated carbocycles. The van der Waals surface area contributed by atoms with Gasteiger partial charge in [-0.3, -0.25) is 4.98 Å². The Bertz CT molecular complexity index is 614. The minimum Gasteiger partial charge on any atom is -0.257 e. The van der Waals surface area contributed by atoms with Crippen molar-refractivity contribution in [3.05, 3.63) is 38.0 Å². The zero-order valence-corrected chi connectivity index (χ0v) is 12.8. The lowest BCUT2D eigenvalue weighted by atomic mass is 10.2. The Hall–Kier alpha value is -0.670. The van der Waals surface area contributed by atoms with E-state index in [1.54, 1.807) is 0 Å². The van der Waals surface area contributed by atoms with Crippen molar-refractivity contribution >= 4 is 43.5 Å². The van der Waals surface area contributed by atoms with E-state index in [2.05, 4.69) is 46.9 Å². The molecule has 0 spiro atoms. The SMILES string of the molecule is FC(F)(F)c1cnc(Cn2nc(Br)nc2Br)c(Cl)c1. The van der Waals surface area contributed by atoms with Crippen molar-refractivity contribution in [1.29, 1.82) is 0 Å². The second kappa shape index (κ2) is 5.37. The van der Waals surface area contributed by atoms with E-state index in [1.165, 1.54) is 4.68 Å². The summed E-state index contributed by atoms with van der Waals surface area (Å²) in [6, 6.07) is 0.837. The lowest BCUT2D eigenvalue weighted by Gasteiger charge is -2.09. The molecule has 2 aromatic heterocycles. The van der Waals surface area contributed by atoms with E-state index in [0.29, 0.717) is 9.47 Å². The minimum absolute atomic E-state index is 0.0756. The summed E-state index contributed by atoms with van der Waals surface area (Å²) < 4.78 is 39.5. The van der Waals surface area contributed by atoms with Gasteiger partial charge >= 0.3 is 6.18 Å². The van der Waals surface area contributed by atoms with Crippen LogP contribution in [0.3, 0.4) is 0 Å². The fourth-order valence-electron chi connectivity index (χ4n) is 1.28. The molecule has 0 aliphatic heterocycles. The summed E-state index contributed by atoms with van der Waals surface area (Å²) in [5.41, 5.74) is -0.618. The summed E-state index contributed by atoms with van der Waals surface area (Å²) in [7, 11) is 0. The van der Waals surface area contributed by atoms with Crippen LogP contribution in [-0.2, 0) is 12.7 Å². The van der Waals surface area contributed by atoms with Crippen LogP contribution in [0.25, 0.3) is 0 Å². The molecule has 102 valence electrons. The van der Waals surface area contributed by atoms with Crippen molar-refractivity contribution in [1.82, 2.24) is 19.7 Å². The summed E-state index contributed by atoms with van der Waals surface area (Å²) in [5.74, 6) is 0. The van der Waals surface area contributed by atoms with Crippen molar-refractivity contribution in [2.75, 3.05) is 0 Å². The van der Waals surface area contributed by atoms with Crippen LogP contribution < -0.4 is 0 Å². The molecule has 0 fully saturated rings. The van der Waals surface area contributed by atoms with Crippen LogP contribution in [0.5, 0.6) is 0 Å². The van der Waals surface area contributed by atoms with Gasteiger partial charge in [-0.1, -0.05) is 11.6 Å². The lowest BCUT2D eigenvalue weighted by molar-refractivity contribution is -0.137. The molecule has 0 aliphatic carbocycles. The highest BCUT2D eigenvalue weighted by Crippen LogP contribution is 2.31. The zero-order chi connectivity index (χ0) is 14.2. The van der Waals surface area contributed by atoms with E-state index in [9.17, 15) is 13.2 Å². The van der Waals surface area contributed by atoms with Gasteiger partial charge in [0.25, 0.3) is 0 Å². The molecule has 0 amide bonds. The molecular weight excluding hydrogens is 416 g/mol. The average molecular weight is 420 g/mol. The van der Waals surface area contributed by atoms with Gasteiger partial charge in [-0.05, 0) is 37.9 Å². The Morgan fingerprint density at radius 3 is 2.47 bits per heavy atom. The minimum atomic E-state index is -4.47. The van der Waals surface area contributed by atoms with E-state index in [1.807, 2.05) is 0 Å². The molecule has 0 unspecified atom stereocenters. The number of alkyl halides is 3. The van der Waals surface area contributed by atoms with Crippen LogP contribution in [0.1, 0.15) is 11.3 Å². The molecule has 0 bridgehead atoms. The largest absolute Gasteiger partial charge is 0.417 e.